The Labute approximate surface area is 117 Å². The van der Waals surface area contributed by atoms with Gasteiger partial charge in [0.05, 0.1) is 5.56 Å². The summed E-state index contributed by atoms with van der Waals surface area (Å²) in [6.07, 6.45) is -5.97. The second kappa shape index (κ2) is 5.42. The summed E-state index contributed by atoms with van der Waals surface area (Å²) in [5.41, 5.74) is -0.907. The highest BCUT2D eigenvalue weighted by atomic mass is 35.5. The van der Waals surface area contributed by atoms with Crippen molar-refractivity contribution < 1.29 is 22.7 Å². The van der Waals surface area contributed by atoms with Crippen LogP contribution in [0.2, 0.25) is 5.02 Å². The maximum Gasteiger partial charge on any atom is 0.419 e. The Morgan fingerprint density at radius 2 is 1.50 bits per heavy atom. The fourth-order valence-electron chi connectivity index (χ4n) is 1.77. The summed E-state index contributed by atoms with van der Waals surface area (Å²) in [4.78, 5) is 0. The minimum absolute atomic E-state index is 0.0397. The first-order chi connectivity index (χ1) is 9.29. The summed E-state index contributed by atoms with van der Waals surface area (Å²) in [5.74, 6) is -1.41. The second-order valence-corrected chi connectivity index (χ2v) is 4.63. The zero-order valence-corrected chi connectivity index (χ0v) is 10.7. The van der Waals surface area contributed by atoms with Crippen LogP contribution < -0.4 is 0 Å². The molecular formula is C14H9ClF4O. The molecule has 0 bridgehead atoms. The highest BCUT2D eigenvalue weighted by Gasteiger charge is 2.34. The van der Waals surface area contributed by atoms with Crippen molar-refractivity contribution in [3.8, 4) is 0 Å². The summed E-state index contributed by atoms with van der Waals surface area (Å²) in [6, 6.07) is 8.43. The number of aliphatic hydroxyl groups excluding tert-OH is 1. The van der Waals surface area contributed by atoms with E-state index in [-0.39, 0.29) is 5.56 Å². The number of benzene rings is 2. The Hall–Kier alpha value is -1.59. The Balaban J connectivity index is 2.34. The molecule has 0 radical (unpaired) electrons. The molecule has 0 amide bonds. The van der Waals surface area contributed by atoms with Gasteiger partial charge in [-0.1, -0.05) is 29.8 Å². The standard InChI is InChI=1S/C14H9ClF4O/c15-10-4-1-8(2-5-10)13(20)9-3-6-11(12(16)7-9)14(17,18)19/h1-7,13,20H. The molecule has 1 nitrogen and oxygen atoms in total. The van der Waals surface area contributed by atoms with E-state index in [0.29, 0.717) is 22.7 Å². The third kappa shape index (κ3) is 3.11. The summed E-state index contributed by atoms with van der Waals surface area (Å²) in [5, 5.41) is 10.5. The Morgan fingerprint density at radius 1 is 0.950 bits per heavy atom. The van der Waals surface area contributed by atoms with E-state index in [0.717, 1.165) is 6.07 Å². The van der Waals surface area contributed by atoms with Gasteiger partial charge >= 0.3 is 6.18 Å². The van der Waals surface area contributed by atoms with Crippen molar-refractivity contribution in [3.05, 3.63) is 70.0 Å². The van der Waals surface area contributed by atoms with Gasteiger partial charge in [-0.15, -0.1) is 0 Å². The lowest BCUT2D eigenvalue weighted by Gasteiger charge is -2.14. The summed E-state index contributed by atoms with van der Waals surface area (Å²) in [6.45, 7) is 0. The monoisotopic (exact) mass is 304 g/mol. The van der Waals surface area contributed by atoms with Gasteiger partial charge in [0, 0.05) is 5.02 Å². The van der Waals surface area contributed by atoms with Gasteiger partial charge in [-0.3, -0.25) is 0 Å². The van der Waals surface area contributed by atoms with Crippen molar-refractivity contribution in [2.75, 3.05) is 0 Å². The van der Waals surface area contributed by atoms with Crippen LogP contribution in [0.1, 0.15) is 22.8 Å². The van der Waals surface area contributed by atoms with Crippen LogP contribution in [-0.4, -0.2) is 5.11 Å². The molecule has 2 aromatic carbocycles. The lowest BCUT2D eigenvalue weighted by molar-refractivity contribution is -0.140. The molecule has 0 saturated heterocycles. The van der Waals surface area contributed by atoms with E-state index in [9.17, 15) is 22.7 Å². The van der Waals surface area contributed by atoms with Crippen LogP contribution in [0, 0.1) is 5.82 Å². The molecule has 2 rings (SSSR count). The lowest BCUT2D eigenvalue weighted by atomic mass is 10.00. The quantitative estimate of drug-likeness (QED) is 0.805. The third-order valence-corrected chi connectivity index (χ3v) is 3.05. The Kier molecular flexibility index (Phi) is 4.01. The van der Waals surface area contributed by atoms with E-state index in [1.807, 2.05) is 0 Å². The largest absolute Gasteiger partial charge is 0.419 e. The maximum atomic E-state index is 13.4. The summed E-state index contributed by atoms with van der Waals surface area (Å²) >= 11 is 5.69. The average Bonchev–Trinajstić information content (AvgIpc) is 2.37. The molecule has 0 aliphatic rings. The predicted molar refractivity (Wildman–Crippen MR) is 66.9 cm³/mol. The fourth-order valence-corrected chi connectivity index (χ4v) is 1.89. The van der Waals surface area contributed by atoms with E-state index in [2.05, 4.69) is 0 Å². The molecule has 0 aliphatic carbocycles. The van der Waals surface area contributed by atoms with Gasteiger partial charge in [-0.25, -0.2) is 4.39 Å². The van der Waals surface area contributed by atoms with E-state index < -0.39 is 23.7 Å². The maximum absolute atomic E-state index is 13.4. The van der Waals surface area contributed by atoms with E-state index in [1.54, 1.807) is 0 Å². The number of rotatable bonds is 2. The molecule has 20 heavy (non-hydrogen) atoms. The first-order valence-corrected chi connectivity index (χ1v) is 5.97. The molecule has 1 unspecified atom stereocenters. The van der Waals surface area contributed by atoms with Gasteiger partial charge in [0.2, 0.25) is 0 Å². The minimum atomic E-state index is -4.76. The average molecular weight is 305 g/mol. The van der Waals surface area contributed by atoms with E-state index in [1.165, 1.54) is 24.3 Å². The zero-order valence-electron chi connectivity index (χ0n) is 9.96. The van der Waals surface area contributed by atoms with E-state index in [4.69, 9.17) is 11.6 Å². The molecule has 1 atom stereocenters. The minimum Gasteiger partial charge on any atom is -0.384 e. The van der Waals surface area contributed by atoms with Crippen LogP contribution in [0.25, 0.3) is 0 Å². The Morgan fingerprint density at radius 3 is 2.00 bits per heavy atom. The number of alkyl halides is 3. The van der Waals surface area contributed by atoms with Crippen LogP contribution in [0.4, 0.5) is 17.6 Å². The van der Waals surface area contributed by atoms with Crippen LogP contribution in [0.3, 0.4) is 0 Å². The number of hydrogen-bond acceptors (Lipinski definition) is 1. The van der Waals surface area contributed by atoms with Crippen molar-refractivity contribution in [3.63, 3.8) is 0 Å². The molecular weight excluding hydrogens is 296 g/mol. The lowest BCUT2D eigenvalue weighted by Crippen LogP contribution is -2.09. The molecule has 106 valence electrons. The molecule has 0 saturated carbocycles. The molecule has 1 N–H and O–H groups in total. The highest BCUT2D eigenvalue weighted by Crippen LogP contribution is 2.33. The second-order valence-electron chi connectivity index (χ2n) is 4.19. The molecule has 2 aromatic rings. The molecule has 0 spiro atoms. The molecule has 0 aliphatic heterocycles. The van der Waals surface area contributed by atoms with Crippen LogP contribution in [-0.2, 0) is 6.18 Å². The smallest absolute Gasteiger partial charge is 0.384 e. The Bertz CT molecular complexity index is 608. The van der Waals surface area contributed by atoms with Gasteiger partial charge in [0.15, 0.2) is 0 Å². The molecule has 0 fully saturated rings. The molecule has 0 aromatic heterocycles. The van der Waals surface area contributed by atoms with Gasteiger partial charge in [-0.05, 0) is 35.4 Å². The first kappa shape index (κ1) is 14.8. The SMILES string of the molecule is OC(c1ccc(Cl)cc1)c1ccc(C(F)(F)F)c(F)c1. The van der Waals surface area contributed by atoms with Crippen LogP contribution >= 0.6 is 11.6 Å². The van der Waals surface area contributed by atoms with Crippen LogP contribution in [0.15, 0.2) is 42.5 Å². The zero-order chi connectivity index (χ0) is 14.9. The van der Waals surface area contributed by atoms with Crippen molar-refractivity contribution in [2.24, 2.45) is 0 Å². The topological polar surface area (TPSA) is 20.2 Å². The van der Waals surface area contributed by atoms with Crippen molar-refractivity contribution in [1.29, 1.82) is 0 Å². The number of halogens is 5. The number of aliphatic hydroxyl groups is 1. The van der Waals surface area contributed by atoms with Gasteiger partial charge in [0.1, 0.15) is 11.9 Å². The molecule has 6 heteroatoms. The fraction of sp³-hybridized carbons (Fsp3) is 0.143. The van der Waals surface area contributed by atoms with Gasteiger partial charge in [-0.2, -0.15) is 13.2 Å². The van der Waals surface area contributed by atoms with Gasteiger partial charge < -0.3 is 5.11 Å². The summed E-state index contributed by atoms with van der Waals surface area (Å²) in [7, 11) is 0. The van der Waals surface area contributed by atoms with Crippen molar-refractivity contribution in [1.82, 2.24) is 0 Å². The predicted octanol–water partition coefficient (Wildman–Crippen LogP) is 4.58. The number of hydrogen-bond donors (Lipinski definition) is 1. The highest BCUT2D eigenvalue weighted by molar-refractivity contribution is 6.30. The van der Waals surface area contributed by atoms with Gasteiger partial charge in [0.25, 0.3) is 0 Å². The van der Waals surface area contributed by atoms with Crippen molar-refractivity contribution >= 4 is 11.6 Å². The van der Waals surface area contributed by atoms with Crippen molar-refractivity contribution in [2.45, 2.75) is 12.3 Å². The van der Waals surface area contributed by atoms with Crippen LogP contribution in [0.5, 0.6) is 0 Å². The van der Waals surface area contributed by atoms with E-state index >= 15 is 0 Å². The third-order valence-electron chi connectivity index (χ3n) is 2.80. The normalized spacial score (nSPS) is 13.3. The molecule has 0 heterocycles. The first-order valence-electron chi connectivity index (χ1n) is 5.59. The summed E-state index contributed by atoms with van der Waals surface area (Å²) < 4.78 is 50.7.